The summed E-state index contributed by atoms with van der Waals surface area (Å²) < 4.78 is 10.6. The van der Waals surface area contributed by atoms with Crippen LogP contribution in [0.1, 0.15) is 18.5 Å². The molecular formula is C18H22ClN3O4. The van der Waals surface area contributed by atoms with Gasteiger partial charge in [0.05, 0.1) is 31.4 Å². The van der Waals surface area contributed by atoms with Gasteiger partial charge in [0.15, 0.2) is 0 Å². The van der Waals surface area contributed by atoms with Gasteiger partial charge in [-0.15, -0.1) is 0 Å². The van der Waals surface area contributed by atoms with Crippen LogP contribution in [0.3, 0.4) is 0 Å². The minimum absolute atomic E-state index is 0.258. The van der Waals surface area contributed by atoms with Crippen molar-refractivity contribution >= 4 is 23.6 Å². The van der Waals surface area contributed by atoms with E-state index >= 15 is 0 Å². The molecule has 2 N–H and O–H groups in total. The third-order valence-corrected chi connectivity index (χ3v) is 4.59. The fourth-order valence-corrected chi connectivity index (χ4v) is 3.21. The Morgan fingerprint density at radius 2 is 2.00 bits per heavy atom. The number of esters is 1. The molecule has 0 aliphatic carbocycles. The molecule has 140 valence electrons. The first-order valence-corrected chi connectivity index (χ1v) is 8.99. The molecular weight excluding hydrogens is 358 g/mol. The molecule has 8 heteroatoms. The van der Waals surface area contributed by atoms with Gasteiger partial charge in [-0.2, -0.15) is 0 Å². The molecule has 1 fully saturated rings. The molecule has 0 aromatic heterocycles. The minimum Gasteiger partial charge on any atom is -0.463 e. The molecule has 2 heterocycles. The Bertz CT molecular complexity index is 699. The lowest BCUT2D eigenvalue weighted by atomic mass is 9.95. The Hall–Kier alpha value is -2.09. The van der Waals surface area contributed by atoms with Crippen LogP contribution >= 0.6 is 11.6 Å². The highest BCUT2D eigenvalue weighted by Crippen LogP contribution is 2.29. The van der Waals surface area contributed by atoms with Crippen LogP contribution in [0.15, 0.2) is 35.5 Å². The minimum atomic E-state index is -0.587. The molecule has 2 amide bonds. The maximum Gasteiger partial charge on any atom is 0.338 e. The summed E-state index contributed by atoms with van der Waals surface area (Å²) in [4.78, 5) is 27.0. The zero-order chi connectivity index (χ0) is 18.5. The smallest absolute Gasteiger partial charge is 0.338 e. The van der Waals surface area contributed by atoms with Gasteiger partial charge in [-0.05, 0) is 24.6 Å². The molecule has 0 bridgehead atoms. The number of halogens is 1. The van der Waals surface area contributed by atoms with Crippen LogP contribution in [0.2, 0.25) is 5.02 Å². The van der Waals surface area contributed by atoms with E-state index < -0.39 is 12.0 Å². The zero-order valence-corrected chi connectivity index (χ0v) is 15.3. The topological polar surface area (TPSA) is 79.9 Å². The van der Waals surface area contributed by atoms with E-state index in [2.05, 4.69) is 15.5 Å². The largest absolute Gasteiger partial charge is 0.463 e. The molecule has 0 spiro atoms. The van der Waals surface area contributed by atoms with Gasteiger partial charge in [-0.1, -0.05) is 23.7 Å². The molecule has 0 saturated carbocycles. The highest BCUT2D eigenvalue weighted by molar-refractivity contribution is 6.30. The number of morpholine rings is 1. The molecule has 26 heavy (non-hydrogen) atoms. The lowest BCUT2D eigenvalue weighted by molar-refractivity contribution is -0.139. The molecule has 7 nitrogen and oxygen atoms in total. The summed E-state index contributed by atoms with van der Waals surface area (Å²) in [5.41, 5.74) is 1.75. The molecule has 0 unspecified atom stereocenters. The molecule has 1 saturated heterocycles. The van der Waals surface area contributed by atoms with Crippen molar-refractivity contribution in [1.82, 2.24) is 15.5 Å². The number of ether oxygens (including phenoxy) is 2. The van der Waals surface area contributed by atoms with E-state index in [-0.39, 0.29) is 12.6 Å². The van der Waals surface area contributed by atoms with Gasteiger partial charge in [-0.25, -0.2) is 9.59 Å². The van der Waals surface area contributed by atoms with E-state index in [0.29, 0.717) is 36.1 Å². The van der Waals surface area contributed by atoms with Gasteiger partial charge >= 0.3 is 12.0 Å². The number of hydrogen-bond acceptors (Lipinski definition) is 5. The molecule has 1 aromatic rings. The summed E-state index contributed by atoms with van der Waals surface area (Å²) in [6, 6.07) is 6.12. The molecule has 2 aliphatic heterocycles. The average molecular weight is 380 g/mol. The molecule has 1 atom stereocenters. The van der Waals surface area contributed by atoms with Crippen molar-refractivity contribution in [3.8, 4) is 0 Å². The van der Waals surface area contributed by atoms with E-state index in [4.69, 9.17) is 21.1 Å². The first kappa shape index (κ1) is 18.7. The standard InChI is InChI=1S/C18H22ClN3O4/c1-2-26-17(23)15-14(11-22-7-9-25-10-8-22)20-18(24)21-16(15)12-3-5-13(19)6-4-12/h3-6,16H,2,7-11H2,1H3,(H2,20,21,24)/t16-/m0/s1. The number of urea groups is 1. The van der Waals surface area contributed by atoms with Gasteiger partial charge in [-0.3, -0.25) is 4.90 Å². The van der Waals surface area contributed by atoms with Crippen molar-refractivity contribution in [2.45, 2.75) is 13.0 Å². The summed E-state index contributed by atoms with van der Waals surface area (Å²) in [5, 5.41) is 6.19. The van der Waals surface area contributed by atoms with Crippen LogP contribution in [-0.4, -0.2) is 56.4 Å². The van der Waals surface area contributed by atoms with E-state index in [1.165, 1.54) is 0 Å². The Morgan fingerprint density at radius 1 is 1.31 bits per heavy atom. The number of carbonyl (C=O) groups is 2. The van der Waals surface area contributed by atoms with Crippen LogP contribution in [0.25, 0.3) is 0 Å². The van der Waals surface area contributed by atoms with Crippen molar-refractivity contribution in [2.75, 3.05) is 39.5 Å². The molecule has 3 rings (SSSR count). The van der Waals surface area contributed by atoms with Gasteiger partial charge < -0.3 is 20.1 Å². The predicted molar refractivity (Wildman–Crippen MR) is 96.8 cm³/mol. The van der Waals surface area contributed by atoms with Crippen molar-refractivity contribution in [1.29, 1.82) is 0 Å². The SMILES string of the molecule is CCOC(=O)C1=C(CN2CCOCC2)NC(=O)N[C@H]1c1ccc(Cl)cc1. The van der Waals surface area contributed by atoms with Gasteiger partial charge in [0, 0.05) is 30.4 Å². The van der Waals surface area contributed by atoms with Gasteiger partial charge in [0.25, 0.3) is 0 Å². The highest BCUT2D eigenvalue weighted by Gasteiger charge is 2.34. The summed E-state index contributed by atoms with van der Waals surface area (Å²) in [6.07, 6.45) is 0. The Kier molecular flexibility index (Phi) is 6.13. The lowest BCUT2D eigenvalue weighted by Crippen LogP contribution is -2.49. The fourth-order valence-electron chi connectivity index (χ4n) is 3.08. The van der Waals surface area contributed by atoms with Crippen LogP contribution < -0.4 is 10.6 Å². The zero-order valence-electron chi connectivity index (χ0n) is 14.6. The second-order valence-electron chi connectivity index (χ2n) is 6.08. The maximum absolute atomic E-state index is 12.7. The quantitative estimate of drug-likeness (QED) is 0.763. The Morgan fingerprint density at radius 3 is 2.65 bits per heavy atom. The van der Waals surface area contributed by atoms with Crippen LogP contribution in [0.4, 0.5) is 4.79 Å². The van der Waals surface area contributed by atoms with Crippen molar-refractivity contribution in [2.24, 2.45) is 0 Å². The van der Waals surface area contributed by atoms with E-state index in [9.17, 15) is 9.59 Å². The number of benzene rings is 1. The van der Waals surface area contributed by atoms with Crippen LogP contribution in [0.5, 0.6) is 0 Å². The first-order valence-electron chi connectivity index (χ1n) is 8.61. The van der Waals surface area contributed by atoms with E-state index in [1.54, 1.807) is 31.2 Å². The molecule has 0 radical (unpaired) electrons. The fraction of sp³-hybridized carbons (Fsp3) is 0.444. The monoisotopic (exact) mass is 379 g/mol. The number of carbonyl (C=O) groups excluding carboxylic acids is 2. The number of hydrogen-bond donors (Lipinski definition) is 2. The first-order chi connectivity index (χ1) is 12.6. The van der Waals surface area contributed by atoms with Crippen molar-refractivity contribution in [3.05, 3.63) is 46.1 Å². The third-order valence-electron chi connectivity index (χ3n) is 4.34. The Balaban J connectivity index is 1.96. The number of nitrogens with zero attached hydrogens (tertiary/aromatic N) is 1. The Labute approximate surface area is 157 Å². The summed E-state index contributed by atoms with van der Waals surface area (Å²) in [6.45, 7) is 5.22. The summed E-state index contributed by atoms with van der Waals surface area (Å²) in [5.74, 6) is -0.441. The normalized spacial score (nSPS) is 21.2. The summed E-state index contributed by atoms with van der Waals surface area (Å²) in [7, 11) is 0. The molecule has 1 aromatic carbocycles. The van der Waals surface area contributed by atoms with E-state index in [0.717, 1.165) is 18.7 Å². The predicted octanol–water partition coefficient (Wildman–Crippen LogP) is 1.84. The van der Waals surface area contributed by atoms with E-state index in [1.807, 2.05) is 0 Å². The highest BCUT2D eigenvalue weighted by atomic mass is 35.5. The summed E-state index contributed by atoms with van der Waals surface area (Å²) >= 11 is 5.96. The van der Waals surface area contributed by atoms with Gasteiger partial charge in [0.2, 0.25) is 0 Å². The van der Waals surface area contributed by atoms with Crippen molar-refractivity contribution < 1.29 is 19.1 Å². The maximum atomic E-state index is 12.7. The average Bonchev–Trinajstić information content (AvgIpc) is 2.63. The number of amides is 2. The van der Waals surface area contributed by atoms with Gasteiger partial charge in [0.1, 0.15) is 0 Å². The van der Waals surface area contributed by atoms with Crippen LogP contribution in [-0.2, 0) is 14.3 Å². The number of nitrogens with one attached hydrogen (secondary N) is 2. The third kappa shape index (κ3) is 4.35. The second kappa shape index (κ2) is 8.53. The van der Waals surface area contributed by atoms with Crippen LogP contribution in [0, 0.1) is 0 Å². The second-order valence-corrected chi connectivity index (χ2v) is 6.52. The molecule has 2 aliphatic rings. The van der Waals surface area contributed by atoms with Crippen molar-refractivity contribution in [3.63, 3.8) is 0 Å². The number of rotatable bonds is 5. The lowest BCUT2D eigenvalue weighted by Gasteiger charge is -2.33.